The van der Waals surface area contributed by atoms with Crippen molar-refractivity contribution >= 4 is 5.91 Å². The molecule has 0 saturated heterocycles. The second-order valence-electron chi connectivity index (χ2n) is 2.95. The molecule has 12 heavy (non-hydrogen) atoms. The highest BCUT2D eigenvalue weighted by atomic mass is 19.1. The number of rotatable bonds is 5. The SMILES string of the molecule is COCC(F)CNC(=O)C(C)C. The quantitative estimate of drug-likeness (QED) is 0.672. The van der Waals surface area contributed by atoms with Gasteiger partial charge in [-0.05, 0) is 0 Å². The van der Waals surface area contributed by atoms with Crippen molar-refractivity contribution in [1.82, 2.24) is 5.32 Å². The van der Waals surface area contributed by atoms with Gasteiger partial charge in [-0.1, -0.05) is 13.8 Å². The second-order valence-corrected chi connectivity index (χ2v) is 2.95. The van der Waals surface area contributed by atoms with Gasteiger partial charge in [0.05, 0.1) is 13.2 Å². The van der Waals surface area contributed by atoms with Gasteiger partial charge in [0.15, 0.2) is 0 Å². The maximum atomic E-state index is 12.7. The van der Waals surface area contributed by atoms with Crippen LogP contribution in [0.2, 0.25) is 0 Å². The van der Waals surface area contributed by atoms with Crippen LogP contribution in [-0.4, -0.2) is 32.3 Å². The van der Waals surface area contributed by atoms with E-state index in [4.69, 9.17) is 0 Å². The lowest BCUT2D eigenvalue weighted by Gasteiger charge is -2.10. The number of carbonyl (C=O) groups excluding carboxylic acids is 1. The van der Waals surface area contributed by atoms with Gasteiger partial charge in [-0.25, -0.2) is 4.39 Å². The average Bonchev–Trinajstić information content (AvgIpc) is 2.00. The summed E-state index contributed by atoms with van der Waals surface area (Å²) in [5.74, 6) is -0.228. The maximum absolute atomic E-state index is 12.7. The Hall–Kier alpha value is -0.640. The van der Waals surface area contributed by atoms with E-state index in [0.717, 1.165) is 0 Å². The molecule has 1 amide bonds. The Kier molecular flexibility index (Phi) is 5.62. The molecule has 0 rings (SSSR count). The van der Waals surface area contributed by atoms with E-state index in [1.165, 1.54) is 7.11 Å². The van der Waals surface area contributed by atoms with E-state index in [1.54, 1.807) is 13.8 Å². The molecule has 0 aromatic carbocycles. The zero-order valence-corrected chi connectivity index (χ0v) is 7.76. The molecule has 0 heterocycles. The number of alkyl halides is 1. The lowest BCUT2D eigenvalue weighted by atomic mass is 10.2. The maximum Gasteiger partial charge on any atom is 0.222 e. The molecule has 0 aliphatic heterocycles. The Bertz CT molecular complexity index is 139. The minimum atomic E-state index is -1.11. The van der Waals surface area contributed by atoms with Crippen LogP contribution in [-0.2, 0) is 9.53 Å². The predicted molar refractivity (Wildman–Crippen MR) is 44.6 cm³/mol. The van der Waals surface area contributed by atoms with Gasteiger partial charge in [-0.2, -0.15) is 0 Å². The van der Waals surface area contributed by atoms with Gasteiger partial charge < -0.3 is 10.1 Å². The molecule has 0 spiro atoms. The molecule has 1 unspecified atom stereocenters. The smallest absolute Gasteiger partial charge is 0.222 e. The molecule has 0 radical (unpaired) electrons. The Balaban J connectivity index is 3.47. The number of nitrogens with one attached hydrogen (secondary N) is 1. The van der Waals surface area contributed by atoms with Crippen LogP contribution in [0.5, 0.6) is 0 Å². The number of hydrogen-bond donors (Lipinski definition) is 1. The molecule has 1 atom stereocenters. The molecule has 0 aromatic rings. The van der Waals surface area contributed by atoms with Gasteiger partial charge in [0, 0.05) is 13.0 Å². The number of halogens is 1. The van der Waals surface area contributed by atoms with Crippen molar-refractivity contribution in [3.8, 4) is 0 Å². The first kappa shape index (κ1) is 11.4. The van der Waals surface area contributed by atoms with Gasteiger partial charge in [-0.3, -0.25) is 4.79 Å². The number of methoxy groups -OCH3 is 1. The van der Waals surface area contributed by atoms with Crippen LogP contribution in [0.15, 0.2) is 0 Å². The number of amides is 1. The van der Waals surface area contributed by atoms with Crippen molar-refractivity contribution in [3.05, 3.63) is 0 Å². The summed E-state index contributed by atoms with van der Waals surface area (Å²) in [6.07, 6.45) is -1.11. The third-order valence-electron chi connectivity index (χ3n) is 1.37. The highest BCUT2D eigenvalue weighted by Crippen LogP contribution is 1.93. The Morgan fingerprint density at radius 3 is 2.58 bits per heavy atom. The molecule has 4 heteroatoms. The zero-order valence-electron chi connectivity index (χ0n) is 7.76. The molecule has 0 saturated carbocycles. The molecule has 0 bridgehead atoms. The fraction of sp³-hybridized carbons (Fsp3) is 0.875. The van der Waals surface area contributed by atoms with Crippen LogP contribution in [0.3, 0.4) is 0 Å². The van der Waals surface area contributed by atoms with Crippen molar-refractivity contribution in [2.75, 3.05) is 20.3 Å². The summed E-state index contributed by atoms with van der Waals surface area (Å²) >= 11 is 0. The lowest BCUT2D eigenvalue weighted by Crippen LogP contribution is -2.34. The summed E-state index contributed by atoms with van der Waals surface area (Å²) in [7, 11) is 1.43. The van der Waals surface area contributed by atoms with E-state index in [1.807, 2.05) is 0 Å². The van der Waals surface area contributed by atoms with Gasteiger partial charge in [0.2, 0.25) is 5.91 Å². The zero-order chi connectivity index (χ0) is 9.56. The molecule has 0 fully saturated rings. The lowest BCUT2D eigenvalue weighted by molar-refractivity contribution is -0.124. The van der Waals surface area contributed by atoms with Gasteiger partial charge in [0.1, 0.15) is 6.17 Å². The minimum absolute atomic E-state index is 0.0262. The molecular weight excluding hydrogens is 161 g/mol. The molecule has 72 valence electrons. The fourth-order valence-corrected chi connectivity index (χ4v) is 0.655. The number of ether oxygens (including phenoxy) is 1. The first-order valence-corrected chi connectivity index (χ1v) is 3.98. The van der Waals surface area contributed by atoms with E-state index in [2.05, 4.69) is 10.1 Å². The largest absolute Gasteiger partial charge is 0.382 e. The van der Waals surface area contributed by atoms with Gasteiger partial charge in [-0.15, -0.1) is 0 Å². The van der Waals surface area contributed by atoms with Crippen molar-refractivity contribution in [3.63, 3.8) is 0 Å². The molecular formula is C8H16FNO2. The summed E-state index contributed by atoms with van der Waals surface area (Å²) in [5, 5.41) is 2.47. The van der Waals surface area contributed by atoms with Crippen LogP contribution in [0.4, 0.5) is 4.39 Å². The molecule has 1 N–H and O–H groups in total. The molecule has 3 nitrogen and oxygen atoms in total. The third-order valence-corrected chi connectivity index (χ3v) is 1.37. The molecule has 0 aliphatic carbocycles. The highest BCUT2D eigenvalue weighted by Gasteiger charge is 2.10. The summed E-state index contributed by atoms with van der Waals surface area (Å²) < 4.78 is 17.3. The summed E-state index contributed by atoms with van der Waals surface area (Å²) in [6.45, 7) is 3.58. The average molecular weight is 177 g/mol. The van der Waals surface area contributed by atoms with Crippen LogP contribution >= 0.6 is 0 Å². The third kappa shape index (κ3) is 5.07. The Morgan fingerprint density at radius 1 is 1.58 bits per heavy atom. The predicted octanol–water partition coefficient (Wildman–Crippen LogP) is 0.743. The van der Waals surface area contributed by atoms with Gasteiger partial charge >= 0.3 is 0 Å². The van der Waals surface area contributed by atoms with Crippen molar-refractivity contribution in [2.45, 2.75) is 20.0 Å². The fourth-order valence-electron chi connectivity index (χ4n) is 0.655. The van der Waals surface area contributed by atoms with E-state index >= 15 is 0 Å². The standard InChI is InChI=1S/C8H16FNO2/c1-6(2)8(11)10-4-7(9)5-12-3/h6-7H,4-5H2,1-3H3,(H,10,11). The van der Waals surface area contributed by atoms with Crippen molar-refractivity contribution < 1.29 is 13.9 Å². The number of carbonyl (C=O) groups is 1. The highest BCUT2D eigenvalue weighted by molar-refractivity contribution is 5.77. The van der Waals surface area contributed by atoms with E-state index in [9.17, 15) is 9.18 Å². The van der Waals surface area contributed by atoms with Crippen LogP contribution < -0.4 is 5.32 Å². The topological polar surface area (TPSA) is 38.3 Å². The summed E-state index contributed by atoms with van der Waals surface area (Å²) in [4.78, 5) is 10.9. The van der Waals surface area contributed by atoms with Gasteiger partial charge in [0.25, 0.3) is 0 Å². The minimum Gasteiger partial charge on any atom is -0.382 e. The monoisotopic (exact) mass is 177 g/mol. The number of hydrogen-bond acceptors (Lipinski definition) is 2. The second kappa shape index (κ2) is 5.94. The Labute approximate surface area is 72.3 Å². The molecule has 0 aromatic heterocycles. The van der Waals surface area contributed by atoms with Crippen molar-refractivity contribution in [1.29, 1.82) is 0 Å². The first-order valence-electron chi connectivity index (χ1n) is 3.98. The Morgan fingerprint density at radius 2 is 2.17 bits per heavy atom. The van der Waals surface area contributed by atoms with Crippen LogP contribution in [0.25, 0.3) is 0 Å². The van der Waals surface area contributed by atoms with Crippen LogP contribution in [0, 0.1) is 5.92 Å². The normalized spacial score (nSPS) is 13.1. The summed E-state index contributed by atoms with van der Waals surface area (Å²) in [5.41, 5.74) is 0. The van der Waals surface area contributed by atoms with Crippen LogP contribution in [0.1, 0.15) is 13.8 Å². The summed E-state index contributed by atoms with van der Waals surface area (Å²) in [6, 6.07) is 0. The van der Waals surface area contributed by atoms with E-state index in [-0.39, 0.29) is 25.0 Å². The van der Waals surface area contributed by atoms with E-state index in [0.29, 0.717) is 0 Å². The molecule has 0 aliphatic rings. The van der Waals surface area contributed by atoms with Crippen molar-refractivity contribution in [2.24, 2.45) is 5.92 Å². The van der Waals surface area contributed by atoms with E-state index < -0.39 is 6.17 Å². The first-order chi connectivity index (χ1) is 5.57.